The van der Waals surface area contributed by atoms with Crippen LogP contribution in [0.1, 0.15) is 36.2 Å². The standard InChI is InChI=1S/C30H31N3O4S2/c1-3-32(4-2)18-7-19-36-23-16-12-22(13-17-23)33-29(35)27(39-30(33)38)20-21-10-14-24(15-11-21)37-26-9-6-5-8-25(26)28(31)34/h5-6,8-17,20H,3-4,7,18-19H2,1-2H3,(H2,31,34)/b27-20-. The minimum atomic E-state index is -0.558. The number of hydrogen-bond donors (Lipinski definition) is 1. The number of anilines is 1. The zero-order chi connectivity index (χ0) is 27.8. The molecule has 0 spiro atoms. The SMILES string of the molecule is CCN(CC)CCCOc1ccc(N2C(=O)/C(=C/c3ccc(Oc4ccccc4C(N)=O)cc3)SC2=S)cc1. The molecule has 0 bridgehead atoms. The molecule has 3 aromatic carbocycles. The Hall–Kier alpha value is -3.66. The minimum Gasteiger partial charge on any atom is -0.494 e. The summed E-state index contributed by atoms with van der Waals surface area (Å²) in [4.78, 5) is 29.3. The number of carbonyl (C=O) groups is 2. The fraction of sp³-hybridized carbons (Fsp3) is 0.233. The average Bonchev–Trinajstić information content (AvgIpc) is 3.22. The maximum absolute atomic E-state index is 13.2. The van der Waals surface area contributed by atoms with Crippen LogP contribution in [0.5, 0.6) is 17.2 Å². The first-order chi connectivity index (χ1) is 18.9. The van der Waals surface area contributed by atoms with Gasteiger partial charge in [-0.2, -0.15) is 0 Å². The van der Waals surface area contributed by atoms with Crippen LogP contribution in [0.2, 0.25) is 0 Å². The molecule has 9 heteroatoms. The van der Waals surface area contributed by atoms with E-state index in [0.717, 1.165) is 37.4 Å². The zero-order valence-corrected chi connectivity index (χ0v) is 23.6. The molecular formula is C30H31N3O4S2. The smallest absolute Gasteiger partial charge is 0.270 e. The van der Waals surface area contributed by atoms with E-state index in [4.69, 9.17) is 27.4 Å². The highest BCUT2D eigenvalue weighted by molar-refractivity contribution is 8.27. The Labute approximate surface area is 238 Å². The first-order valence-corrected chi connectivity index (χ1v) is 14.0. The number of primary amides is 1. The minimum absolute atomic E-state index is 0.173. The second kappa shape index (κ2) is 13.4. The number of ether oxygens (including phenoxy) is 2. The maximum Gasteiger partial charge on any atom is 0.270 e. The molecule has 3 aromatic rings. The van der Waals surface area contributed by atoms with Crippen molar-refractivity contribution in [2.24, 2.45) is 5.73 Å². The Bertz CT molecular complexity index is 1350. The Morgan fingerprint density at radius 1 is 1.00 bits per heavy atom. The van der Waals surface area contributed by atoms with Crippen molar-refractivity contribution in [3.05, 3.63) is 88.8 Å². The van der Waals surface area contributed by atoms with E-state index in [1.165, 1.54) is 16.7 Å². The fourth-order valence-corrected chi connectivity index (χ4v) is 5.37. The van der Waals surface area contributed by atoms with Gasteiger partial charge in [-0.25, -0.2) is 0 Å². The van der Waals surface area contributed by atoms with Gasteiger partial charge in [0.1, 0.15) is 17.2 Å². The maximum atomic E-state index is 13.2. The monoisotopic (exact) mass is 561 g/mol. The van der Waals surface area contributed by atoms with Gasteiger partial charge in [0.05, 0.1) is 22.8 Å². The van der Waals surface area contributed by atoms with Crippen molar-refractivity contribution in [2.45, 2.75) is 20.3 Å². The highest BCUT2D eigenvalue weighted by Gasteiger charge is 2.33. The van der Waals surface area contributed by atoms with Gasteiger partial charge in [-0.1, -0.05) is 62.1 Å². The molecule has 202 valence electrons. The largest absolute Gasteiger partial charge is 0.494 e. The molecule has 7 nitrogen and oxygen atoms in total. The lowest BCUT2D eigenvalue weighted by Gasteiger charge is -2.18. The molecule has 2 amide bonds. The predicted molar refractivity (Wildman–Crippen MR) is 161 cm³/mol. The first-order valence-electron chi connectivity index (χ1n) is 12.8. The third-order valence-corrected chi connectivity index (χ3v) is 7.53. The summed E-state index contributed by atoms with van der Waals surface area (Å²) in [6.07, 6.45) is 2.75. The summed E-state index contributed by atoms with van der Waals surface area (Å²) >= 11 is 6.78. The summed E-state index contributed by atoms with van der Waals surface area (Å²) in [5.41, 5.74) is 7.25. The van der Waals surface area contributed by atoms with E-state index >= 15 is 0 Å². The second-order valence-electron chi connectivity index (χ2n) is 8.77. The Morgan fingerprint density at radius 2 is 1.67 bits per heavy atom. The normalized spacial score (nSPS) is 14.3. The van der Waals surface area contributed by atoms with Gasteiger partial charge in [0.15, 0.2) is 4.32 Å². The number of thioether (sulfide) groups is 1. The van der Waals surface area contributed by atoms with Crippen LogP contribution in [0.15, 0.2) is 77.7 Å². The lowest BCUT2D eigenvalue weighted by molar-refractivity contribution is -0.113. The molecule has 1 aliphatic heterocycles. The van der Waals surface area contributed by atoms with Crippen molar-refractivity contribution in [1.82, 2.24) is 4.90 Å². The van der Waals surface area contributed by atoms with Crippen LogP contribution in [-0.4, -0.2) is 47.3 Å². The third-order valence-electron chi connectivity index (χ3n) is 6.23. The molecule has 0 unspecified atom stereocenters. The van der Waals surface area contributed by atoms with Gasteiger partial charge in [-0.15, -0.1) is 0 Å². The fourth-order valence-electron chi connectivity index (χ4n) is 4.07. The third kappa shape index (κ3) is 7.26. The Kier molecular flexibility index (Phi) is 9.75. The van der Waals surface area contributed by atoms with Gasteiger partial charge in [-0.3, -0.25) is 14.5 Å². The van der Waals surface area contributed by atoms with Gasteiger partial charge < -0.3 is 20.1 Å². The molecule has 1 heterocycles. The number of thiocarbonyl (C=S) groups is 1. The number of carbonyl (C=O) groups excluding carboxylic acids is 2. The van der Waals surface area contributed by atoms with Gasteiger partial charge >= 0.3 is 0 Å². The number of amides is 2. The van der Waals surface area contributed by atoms with Crippen LogP contribution in [0.25, 0.3) is 6.08 Å². The molecule has 1 fully saturated rings. The van der Waals surface area contributed by atoms with E-state index in [9.17, 15) is 9.59 Å². The van der Waals surface area contributed by atoms with Crippen molar-refractivity contribution in [3.63, 3.8) is 0 Å². The van der Waals surface area contributed by atoms with E-state index in [1.54, 1.807) is 42.5 Å². The summed E-state index contributed by atoms with van der Waals surface area (Å²) in [6, 6.07) is 21.4. The predicted octanol–water partition coefficient (Wildman–Crippen LogP) is 6.09. The molecule has 0 aliphatic carbocycles. The van der Waals surface area contributed by atoms with E-state index in [0.29, 0.717) is 38.6 Å². The van der Waals surface area contributed by atoms with Gasteiger partial charge in [0.2, 0.25) is 0 Å². The summed E-state index contributed by atoms with van der Waals surface area (Å²) in [7, 11) is 0. The van der Waals surface area contributed by atoms with Gasteiger partial charge in [0.25, 0.3) is 11.8 Å². The number of para-hydroxylation sites is 1. The lowest BCUT2D eigenvalue weighted by Crippen LogP contribution is -2.27. The summed E-state index contributed by atoms with van der Waals surface area (Å²) in [5, 5.41) is 0. The van der Waals surface area contributed by atoms with E-state index < -0.39 is 5.91 Å². The van der Waals surface area contributed by atoms with E-state index in [1.807, 2.05) is 36.4 Å². The number of benzene rings is 3. The van der Waals surface area contributed by atoms with Crippen molar-refractivity contribution in [2.75, 3.05) is 31.1 Å². The zero-order valence-electron chi connectivity index (χ0n) is 22.0. The average molecular weight is 562 g/mol. The molecular weight excluding hydrogens is 530 g/mol. The number of nitrogens with two attached hydrogens (primary N) is 1. The molecule has 0 aromatic heterocycles. The van der Waals surface area contributed by atoms with Crippen LogP contribution < -0.4 is 20.1 Å². The van der Waals surface area contributed by atoms with Crippen molar-refractivity contribution >= 4 is 51.9 Å². The summed E-state index contributed by atoms with van der Waals surface area (Å²) in [5.74, 6) is 0.962. The highest BCUT2D eigenvalue weighted by atomic mass is 32.2. The molecule has 1 aliphatic rings. The van der Waals surface area contributed by atoms with E-state index in [-0.39, 0.29) is 5.91 Å². The number of rotatable bonds is 12. The molecule has 1 saturated heterocycles. The molecule has 0 radical (unpaired) electrons. The number of hydrogen-bond acceptors (Lipinski definition) is 7. The quantitative estimate of drug-likeness (QED) is 0.163. The molecule has 2 N–H and O–H groups in total. The molecule has 0 saturated carbocycles. The van der Waals surface area contributed by atoms with Crippen molar-refractivity contribution in [1.29, 1.82) is 0 Å². The highest BCUT2D eigenvalue weighted by Crippen LogP contribution is 2.37. The second-order valence-corrected chi connectivity index (χ2v) is 10.4. The Morgan fingerprint density at radius 3 is 2.33 bits per heavy atom. The topological polar surface area (TPSA) is 85.1 Å². The number of nitrogens with zero attached hydrogens (tertiary/aromatic N) is 2. The van der Waals surface area contributed by atoms with Crippen LogP contribution >= 0.6 is 24.0 Å². The van der Waals surface area contributed by atoms with Crippen LogP contribution in [0.4, 0.5) is 5.69 Å². The summed E-state index contributed by atoms with van der Waals surface area (Å²) < 4.78 is 12.2. The molecule has 0 atom stereocenters. The molecule has 4 rings (SSSR count). The molecule has 39 heavy (non-hydrogen) atoms. The van der Waals surface area contributed by atoms with Gasteiger partial charge in [-0.05, 0) is 79.7 Å². The summed E-state index contributed by atoms with van der Waals surface area (Å²) in [6.45, 7) is 8.04. The van der Waals surface area contributed by atoms with Crippen LogP contribution in [0, 0.1) is 0 Å². The first kappa shape index (κ1) is 28.4. The van der Waals surface area contributed by atoms with Crippen LogP contribution in [-0.2, 0) is 4.79 Å². The van der Waals surface area contributed by atoms with E-state index in [2.05, 4.69) is 18.7 Å². The lowest BCUT2D eigenvalue weighted by atomic mass is 10.2. The van der Waals surface area contributed by atoms with Gasteiger partial charge in [0, 0.05) is 6.54 Å². The van der Waals surface area contributed by atoms with Crippen molar-refractivity contribution < 1.29 is 19.1 Å². The van der Waals surface area contributed by atoms with Crippen molar-refractivity contribution in [3.8, 4) is 17.2 Å². The van der Waals surface area contributed by atoms with Crippen LogP contribution in [0.3, 0.4) is 0 Å². The Balaban J connectivity index is 1.37.